The van der Waals surface area contributed by atoms with E-state index >= 15 is 0 Å². The van der Waals surface area contributed by atoms with Gasteiger partial charge in [0.25, 0.3) is 0 Å². The maximum absolute atomic E-state index is 9.45. The molecule has 0 aliphatic heterocycles. The van der Waals surface area contributed by atoms with Crippen molar-refractivity contribution >= 4 is 22.9 Å². The van der Waals surface area contributed by atoms with Crippen LogP contribution in [-0.4, -0.2) is 31.0 Å². The number of halogens is 1. The molecule has 86 valence electrons. The highest BCUT2D eigenvalue weighted by atomic mass is 35.5. The van der Waals surface area contributed by atoms with Gasteiger partial charge in [0, 0.05) is 24.6 Å². The maximum atomic E-state index is 9.45. The monoisotopic (exact) mass is 249 g/mol. The fourth-order valence-electron chi connectivity index (χ4n) is 1.12. The molecule has 1 rings (SSSR count). The van der Waals surface area contributed by atoms with Crippen molar-refractivity contribution < 1.29 is 9.84 Å². The van der Waals surface area contributed by atoms with Gasteiger partial charge in [-0.3, -0.25) is 0 Å². The SMILES string of the molecule is CCOCC(O)CNCc1ccc(Cl)s1. The molecule has 0 radical (unpaired) electrons. The molecule has 1 unspecified atom stereocenters. The van der Waals surface area contributed by atoms with Gasteiger partial charge >= 0.3 is 0 Å². The second-order valence-electron chi connectivity index (χ2n) is 3.15. The lowest BCUT2D eigenvalue weighted by Crippen LogP contribution is -2.29. The lowest BCUT2D eigenvalue weighted by Gasteiger charge is -2.10. The number of hydrogen-bond donors (Lipinski definition) is 2. The Balaban J connectivity index is 2.10. The fourth-order valence-corrected chi connectivity index (χ4v) is 2.18. The summed E-state index contributed by atoms with van der Waals surface area (Å²) in [6.07, 6.45) is -0.444. The molecule has 1 aromatic heterocycles. The topological polar surface area (TPSA) is 41.5 Å². The Morgan fingerprint density at radius 1 is 1.60 bits per heavy atom. The first-order valence-electron chi connectivity index (χ1n) is 4.93. The molecule has 2 N–H and O–H groups in total. The van der Waals surface area contributed by atoms with Crippen molar-refractivity contribution in [2.45, 2.75) is 19.6 Å². The van der Waals surface area contributed by atoms with Gasteiger partial charge in [-0.05, 0) is 19.1 Å². The van der Waals surface area contributed by atoms with Gasteiger partial charge in [0.05, 0.1) is 17.0 Å². The van der Waals surface area contributed by atoms with E-state index in [2.05, 4.69) is 5.32 Å². The summed E-state index contributed by atoms with van der Waals surface area (Å²) in [5.41, 5.74) is 0. The van der Waals surface area contributed by atoms with Gasteiger partial charge in [-0.2, -0.15) is 0 Å². The second kappa shape index (κ2) is 7.19. The van der Waals surface area contributed by atoms with Crippen LogP contribution in [-0.2, 0) is 11.3 Å². The molecule has 0 saturated carbocycles. The van der Waals surface area contributed by atoms with E-state index in [1.165, 1.54) is 4.88 Å². The minimum Gasteiger partial charge on any atom is -0.389 e. The van der Waals surface area contributed by atoms with E-state index in [9.17, 15) is 5.11 Å². The molecule has 15 heavy (non-hydrogen) atoms. The first kappa shape index (κ1) is 12.9. The molecule has 5 heteroatoms. The van der Waals surface area contributed by atoms with Gasteiger partial charge in [-0.25, -0.2) is 0 Å². The first-order chi connectivity index (χ1) is 7.22. The highest BCUT2D eigenvalue weighted by Crippen LogP contribution is 2.20. The zero-order valence-corrected chi connectivity index (χ0v) is 10.3. The molecule has 0 aliphatic carbocycles. The van der Waals surface area contributed by atoms with Crippen LogP contribution >= 0.6 is 22.9 Å². The van der Waals surface area contributed by atoms with Crippen molar-refractivity contribution in [3.8, 4) is 0 Å². The Bertz CT molecular complexity index is 280. The summed E-state index contributed by atoms with van der Waals surface area (Å²) in [4.78, 5) is 1.17. The zero-order chi connectivity index (χ0) is 11.1. The van der Waals surface area contributed by atoms with Gasteiger partial charge in [-0.15, -0.1) is 11.3 Å². The van der Waals surface area contributed by atoms with Crippen LogP contribution in [0.15, 0.2) is 12.1 Å². The van der Waals surface area contributed by atoms with E-state index in [-0.39, 0.29) is 0 Å². The standard InChI is InChI=1S/C10H16ClNO2S/c1-2-14-7-8(13)5-12-6-9-3-4-10(11)15-9/h3-4,8,12-13H,2,5-7H2,1H3. The predicted molar refractivity (Wildman–Crippen MR) is 63.5 cm³/mol. The minimum absolute atomic E-state index is 0.384. The Morgan fingerprint density at radius 2 is 2.40 bits per heavy atom. The molecule has 0 bridgehead atoms. The molecule has 0 aliphatic rings. The van der Waals surface area contributed by atoms with E-state index in [1.54, 1.807) is 11.3 Å². The molecular formula is C10H16ClNO2S. The van der Waals surface area contributed by atoms with Crippen LogP contribution in [0.25, 0.3) is 0 Å². The van der Waals surface area contributed by atoms with Gasteiger partial charge < -0.3 is 15.2 Å². The lowest BCUT2D eigenvalue weighted by atomic mass is 10.3. The molecule has 0 amide bonds. The number of ether oxygens (including phenoxy) is 1. The average Bonchev–Trinajstić information content (AvgIpc) is 2.61. The van der Waals surface area contributed by atoms with Crippen LogP contribution in [0.2, 0.25) is 4.34 Å². The quantitative estimate of drug-likeness (QED) is 0.776. The predicted octanol–water partition coefficient (Wildman–Crippen LogP) is 1.89. The van der Waals surface area contributed by atoms with Crippen molar-refractivity contribution in [2.75, 3.05) is 19.8 Å². The molecule has 0 fully saturated rings. The number of nitrogens with one attached hydrogen (secondary N) is 1. The largest absolute Gasteiger partial charge is 0.389 e. The van der Waals surface area contributed by atoms with E-state index in [1.807, 2.05) is 19.1 Å². The Hall–Kier alpha value is -0.130. The molecule has 0 spiro atoms. The summed E-state index contributed by atoms with van der Waals surface area (Å²) in [7, 11) is 0. The number of hydrogen-bond acceptors (Lipinski definition) is 4. The summed E-state index contributed by atoms with van der Waals surface area (Å²) < 4.78 is 5.89. The molecule has 0 saturated heterocycles. The molecule has 1 heterocycles. The number of aliphatic hydroxyl groups is 1. The number of rotatable bonds is 7. The van der Waals surface area contributed by atoms with Crippen LogP contribution in [0.3, 0.4) is 0 Å². The summed E-state index contributed by atoms with van der Waals surface area (Å²) in [6, 6.07) is 3.86. The highest BCUT2D eigenvalue weighted by Gasteiger charge is 2.03. The van der Waals surface area contributed by atoms with E-state index in [4.69, 9.17) is 16.3 Å². The summed E-state index contributed by atoms with van der Waals surface area (Å²) in [5.74, 6) is 0. The van der Waals surface area contributed by atoms with Crippen LogP contribution in [0.4, 0.5) is 0 Å². The third kappa shape index (κ3) is 5.49. The second-order valence-corrected chi connectivity index (χ2v) is 4.95. The van der Waals surface area contributed by atoms with E-state index in [0.717, 1.165) is 10.9 Å². The Morgan fingerprint density at radius 3 is 3.00 bits per heavy atom. The van der Waals surface area contributed by atoms with Crippen LogP contribution in [0.5, 0.6) is 0 Å². The number of aliphatic hydroxyl groups excluding tert-OH is 1. The molecule has 0 aromatic carbocycles. The van der Waals surface area contributed by atoms with Crippen LogP contribution in [0.1, 0.15) is 11.8 Å². The normalized spacial score (nSPS) is 13.0. The Kier molecular flexibility index (Phi) is 6.20. The molecular weight excluding hydrogens is 234 g/mol. The van der Waals surface area contributed by atoms with Gasteiger partial charge in [-0.1, -0.05) is 11.6 Å². The van der Waals surface area contributed by atoms with Crippen LogP contribution < -0.4 is 5.32 Å². The molecule has 3 nitrogen and oxygen atoms in total. The lowest BCUT2D eigenvalue weighted by molar-refractivity contribution is 0.0427. The van der Waals surface area contributed by atoms with E-state index < -0.39 is 6.10 Å². The average molecular weight is 250 g/mol. The highest BCUT2D eigenvalue weighted by molar-refractivity contribution is 7.16. The summed E-state index contributed by atoms with van der Waals surface area (Å²) in [6.45, 7) is 4.20. The van der Waals surface area contributed by atoms with Crippen molar-refractivity contribution in [3.63, 3.8) is 0 Å². The third-order valence-electron chi connectivity index (χ3n) is 1.82. The first-order valence-corrected chi connectivity index (χ1v) is 6.12. The van der Waals surface area contributed by atoms with Gasteiger partial charge in [0.1, 0.15) is 0 Å². The third-order valence-corrected chi connectivity index (χ3v) is 3.05. The van der Waals surface area contributed by atoms with Crippen molar-refractivity contribution in [1.29, 1.82) is 0 Å². The van der Waals surface area contributed by atoms with Crippen LogP contribution in [0, 0.1) is 0 Å². The molecule has 1 atom stereocenters. The maximum Gasteiger partial charge on any atom is 0.0931 e. The molecule has 1 aromatic rings. The smallest absolute Gasteiger partial charge is 0.0931 e. The van der Waals surface area contributed by atoms with Gasteiger partial charge in [0.2, 0.25) is 0 Å². The van der Waals surface area contributed by atoms with Gasteiger partial charge in [0.15, 0.2) is 0 Å². The number of thiophene rings is 1. The van der Waals surface area contributed by atoms with Crippen molar-refractivity contribution in [1.82, 2.24) is 5.32 Å². The fraction of sp³-hybridized carbons (Fsp3) is 0.600. The summed E-state index contributed by atoms with van der Waals surface area (Å²) in [5, 5.41) is 12.6. The zero-order valence-electron chi connectivity index (χ0n) is 8.70. The minimum atomic E-state index is -0.444. The Labute approximate surface area is 99.0 Å². The summed E-state index contributed by atoms with van der Waals surface area (Å²) >= 11 is 7.34. The van der Waals surface area contributed by atoms with E-state index in [0.29, 0.717) is 19.8 Å². The van der Waals surface area contributed by atoms with Crippen molar-refractivity contribution in [3.05, 3.63) is 21.3 Å². The van der Waals surface area contributed by atoms with Crippen molar-refractivity contribution in [2.24, 2.45) is 0 Å².